The van der Waals surface area contributed by atoms with E-state index in [9.17, 15) is 22.4 Å². The maximum Gasteiger partial charge on any atom is 0.410 e. The Labute approximate surface area is 200 Å². The van der Waals surface area contributed by atoms with Crippen molar-refractivity contribution in [1.82, 2.24) is 14.7 Å². The van der Waals surface area contributed by atoms with Gasteiger partial charge in [-0.25, -0.2) is 9.07 Å². The van der Waals surface area contributed by atoms with E-state index in [1.54, 1.807) is 4.90 Å². The van der Waals surface area contributed by atoms with E-state index in [0.717, 1.165) is 24.3 Å². The summed E-state index contributed by atoms with van der Waals surface area (Å²) in [7, 11) is 0. The van der Waals surface area contributed by atoms with E-state index < -0.39 is 24.1 Å². The number of nitrogens with zero attached hydrogens (tertiary/aromatic N) is 3. The first kappa shape index (κ1) is 23.3. The molecule has 0 bridgehead atoms. The van der Waals surface area contributed by atoms with Gasteiger partial charge in [-0.05, 0) is 17.7 Å². The number of halogens is 4. The summed E-state index contributed by atoms with van der Waals surface area (Å²) >= 11 is 0. The molecular weight excluding hydrogens is 462 g/mol. The number of hydrogen-bond acceptors (Lipinski definition) is 3. The van der Waals surface area contributed by atoms with E-state index in [4.69, 9.17) is 0 Å². The van der Waals surface area contributed by atoms with Crippen molar-refractivity contribution in [2.45, 2.75) is 31.2 Å². The number of nitrogens with one attached hydrogen (secondary N) is 2. The lowest BCUT2D eigenvalue weighted by atomic mass is 9.97. The maximum absolute atomic E-state index is 13.9. The van der Waals surface area contributed by atoms with Gasteiger partial charge in [-0.15, -0.1) is 0 Å². The molecule has 3 aromatic rings. The van der Waals surface area contributed by atoms with E-state index in [0.29, 0.717) is 18.7 Å². The summed E-state index contributed by atoms with van der Waals surface area (Å²) in [5.41, 5.74) is 1.76. The highest BCUT2D eigenvalue weighted by Crippen LogP contribution is 2.43. The standard InChI is InChI=1S/C25H25F4N5O/c26-19-8-6-18(7-9-19)20-14-22(25(27,28)29)34-23(30-20)15-21(31-34)24(35)33-12-10-32(11-13-33)16-17-4-2-1-3-5-17/h1-9,15,20,22,30H,10-14,16H2/p+1/t20-,22-/m0/s1. The van der Waals surface area contributed by atoms with Gasteiger partial charge in [0.05, 0.1) is 32.2 Å². The van der Waals surface area contributed by atoms with Gasteiger partial charge in [-0.2, -0.15) is 18.3 Å². The van der Waals surface area contributed by atoms with Gasteiger partial charge in [0.25, 0.3) is 5.91 Å². The van der Waals surface area contributed by atoms with Crippen molar-refractivity contribution in [3.63, 3.8) is 0 Å². The number of benzene rings is 2. The van der Waals surface area contributed by atoms with Gasteiger partial charge < -0.3 is 15.1 Å². The van der Waals surface area contributed by atoms with Crippen molar-refractivity contribution in [3.05, 3.63) is 83.3 Å². The minimum Gasteiger partial charge on any atom is -0.363 e. The minimum atomic E-state index is -4.55. The third-order valence-electron chi connectivity index (χ3n) is 6.74. The van der Waals surface area contributed by atoms with Crippen molar-refractivity contribution in [1.29, 1.82) is 0 Å². The Balaban J connectivity index is 1.30. The summed E-state index contributed by atoms with van der Waals surface area (Å²) in [5, 5.41) is 7.13. The third kappa shape index (κ3) is 5.02. The number of alkyl halides is 3. The zero-order valence-corrected chi connectivity index (χ0v) is 18.9. The molecule has 1 saturated heterocycles. The minimum absolute atomic E-state index is 0.00647. The molecule has 0 spiro atoms. The van der Waals surface area contributed by atoms with Crippen LogP contribution in [0.2, 0.25) is 0 Å². The van der Waals surface area contributed by atoms with Gasteiger partial charge in [0.15, 0.2) is 11.7 Å². The SMILES string of the molecule is O=C(c1cc2n(n1)[C@H](C(F)(F)F)C[C@@H](c1ccc(F)cc1)N2)N1CC[NH+](Cc2ccccc2)CC1. The number of piperazine rings is 1. The largest absolute Gasteiger partial charge is 0.410 e. The highest BCUT2D eigenvalue weighted by Gasteiger charge is 2.47. The fourth-order valence-electron chi connectivity index (χ4n) is 4.84. The molecule has 2 aliphatic heterocycles. The summed E-state index contributed by atoms with van der Waals surface area (Å²) in [6.45, 7) is 3.40. The van der Waals surface area contributed by atoms with Crippen molar-refractivity contribution in [2.75, 3.05) is 31.5 Å². The van der Waals surface area contributed by atoms with Crippen molar-refractivity contribution >= 4 is 11.7 Å². The Kier molecular flexibility index (Phi) is 6.22. The summed E-state index contributed by atoms with van der Waals surface area (Å²) < 4.78 is 55.9. The van der Waals surface area contributed by atoms with Gasteiger partial charge in [0, 0.05) is 18.1 Å². The van der Waals surface area contributed by atoms with Gasteiger partial charge in [0.2, 0.25) is 0 Å². The second-order valence-corrected chi connectivity index (χ2v) is 9.11. The molecule has 1 fully saturated rings. The molecule has 0 unspecified atom stereocenters. The van der Waals surface area contributed by atoms with Crippen LogP contribution in [0.5, 0.6) is 0 Å². The molecule has 35 heavy (non-hydrogen) atoms. The number of amides is 1. The van der Waals surface area contributed by atoms with Gasteiger partial charge >= 0.3 is 6.18 Å². The number of hydrogen-bond donors (Lipinski definition) is 2. The molecular formula is C25H26F4N5O+. The fourth-order valence-corrected chi connectivity index (χ4v) is 4.84. The lowest BCUT2D eigenvalue weighted by molar-refractivity contribution is -0.917. The first-order valence-electron chi connectivity index (χ1n) is 11.6. The van der Waals surface area contributed by atoms with Crippen LogP contribution in [0.25, 0.3) is 0 Å². The first-order valence-corrected chi connectivity index (χ1v) is 11.6. The smallest absolute Gasteiger partial charge is 0.363 e. The van der Waals surface area contributed by atoms with Crippen molar-refractivity contribution in [2.24, 2.45) is 0 Å². The lowest BCUT2D eigenvalue weighted by Crippen LogP contribution is -3.13. The van der Waals surface area contributed by atoms with Crippen LogP contribution in [0.3, 0.4) is 0 Å². The van der Waals surface area contributed by atoms with E-state index in [-0.39, 0.29) is 23.8 Å². The second kappa shape index (κ2) is 9.33. The van der Waals surface area contributed by atoms with Crippen LogP contribution in [-0.2, 0) is 6.54 Å². The van der Waals surface area contributed by atoms with Crippen LogP contribution in [0.1, 0.15) is 40.1 Å². The quantitative estimate of drug-likeness (QED) is 0.555. The highest BCUT2D eigenvalue weighted by atomic mass is 19.4. The zero-order valence-electron chi connectivity index (χ0n) is 18.9. The average Bonchev–Trinajstić information content (AvgIpc) is 3.28. The molecule has 1 aromatic heterocycles. The summed E-state index contributed by atoms with van der Waals surface area (Å²) in [5.74, 6) is -0.697. The Morgan fingerprint density at radius 1 is 1.06 bits per heavy atom. The van der Waals surface area contributed by atoms with Crippen LogP contribution in [0.15, 0.2) is 60.7 Å². The van der Waals surface area contributed by atoms with Crippen LogP contribution >= 0.6 is 0 Å². The number of fused-ring (bicyclic) bond motifs is 1. The molecule has 0 radical (unpaired) electrons. The molecule has 3 heterocycles. The molecule has 184 valence electrons. The second-order valence-electron chi connectivity index (χ2n) is 9.11. The Bertz CT molecular complexity index is 1170. The zero-order chi connectivity index (χ0) is 24.6. The van der Waals surface area contributed by atoms with Crippen molar-refractivity contribution in [3.8, 4) is 0 Å². The molecule has 5 rings (SSSR count). The molecule has 0 saturated carbocycles. The van der Waals surface area contributed by atoms with E-state index in [1.807, 2.05) is 18.2 Å². The van der Waals surface area contributed by atoms with Gasteiger partial charge in [0.1, 0.15) is 18.2 Å². The Morgan fingerprint density at radius 3 is 2.40 bits per heavy atom. The van der Waals surface area contributed by atoms with E-state index in [2.05, 4.69) is 22.5 Å². The van der Waals surface area contributed by atoms with Crippen LogP contribution < -0.4 is 10.2 Å². The number of aromatic nitrogens is 2. The fraction of sp³-hybridized carbons (Fsp3) is 0.360. The summed E-state index contributed by atoms with van der Waals surface area (Å²) in [6.07, 6.45) is -4.85. The van der Waals surface area contributed by atoms with Gasteiger partial charge in [-0.1, -0.05) is 42.5 Å². The molecule has 2 atom stereocenters. The summed E-state index contributed by atoms with van der Waals surface area (Å²) in [4.78, 5) is 16.1. The normalized spacial score (nSPS) is 20.9. The van der Waals surface area contributed by atoms with Crippen molar-refractivity contribution < 1.29 is 27.3 Å². The lowest BCUT2D eigenvalue weighted by Gasteiger charge is -2.33. The molecule has 10 heteroatoms. The van der Waals surface area contributed by atoms with E-state index in [1.165, 1.54) is 40.8 Å². The predicted molar refractivity (Wildman–Crippen MR) is 121 cm³/mol. The maximum atomic E-state index is 13.9. The highest BCUT2D eigenvalue weighted by molar-refractivity contribution is 5.93. The first-order chi connectivity index (χ1) is 16.8. The van der Waals surface area contributed by atoms with Crippen LogP contribution in [-0.4, -0.2) is 52.9 Å². The van der Waals surface area contributed by atoms with Crippen LogP contribution in [0, 0.1) is 5.82 Å². The molecule has 1 amide bonds. The Morgan fingerprint density at radius 2 is 1.74 bits per heavy atom. The number of carbonyl (C=O) groups is 1. The van der Waals surface area contributed by atoms with Gasteiger partial charge in [-0.3, -0.25) is 4.79 Å². The number of rotatable bonds is 4. The molecule has 2 aliphatic rings. The topological polar surface area (TPSA) is 54.6 Å². The molecule has 0 aliphatic carbocycles. The molecule has 2 N–H and O–H groups in total. The average molecular weight is 489 g/mol. The number of quaternary nitrogens is 1. The predicted octanol–water partition coefficient (Wildman–Crippen LogP) is 3.22. The van der Waals surface area contributed by atoms with E-state index >= 15 is 0 Å². The third-order valence-corrected chi connectivity index (χ3v) is 6.74. The van der Waals surface area contributed by atoms with Crippen LogP contribution in [0.4, 0.5) is 23.4 Å². The Hall–Kier alpha value is -3.40. The number of anilines is 1. The summed E-state index contributed by atoms with van der Waals surface area (Å²) in [6, 6.07) is 14.3. The molecule has 6 nitrogen and oxygen atoms in total. The number of carbonyl (C=O) groups excluding carboxylic acids is 1. The monoisotopic (exact) mass is 488 g/mol. The molecule has 2 aromatic carbocycles.